The van der Waals surface area contributed by atoms with E-state index in [1.807, 2.05) is 11.8 Å². The van der Waals surface area contributed by atoms with Gasteiger partial charge in [-0.1, -0.05) is 13.3 Å². The van der Waals surface area contributed by atoms with Crippen molar-refractivity contribution in [2.45, 2.75) is 37.5 Å². The van der Waals surface area contributed by atoms with Crippen LogP contribution in [0.4, 0.5) is 5.69 Å². The van der Waals surface area contributed by atoms with Gasteiger partial charge in [0.25, 0.3) is 5.91 Å². The Balaban J connectivity index is 2.01. The van der Waals surface area contributed by atoms with E-state index < -0.39 is 0 Å². The molecular weight excluding hydrogens is 246 g/mol. The number of thioether (sulfide) groups is 1. The van der Waals surface area contributed by atoms with E-state index in [4.69, 9.17) is 5.73 Å². The van der Waals surface area contributed by atoms with E-state index in [2.05, 4.69) is 17.2 Å². The van der Waals surface area contributed by atoms with Crippen molar-refractivity contribution in [1.29, 1.82) is 0 Å². The van der Waals surface area contributed by atoms with Crippen LogP contribution < -0.4 is 11.1 Å². The van der Waals surface area contributed by atoms with Crippen LogP contribution in [0, 0.1) is 0 Å². The number of carbonyl (C=O) groups excluding carboxylic acids is 1. The Labute approximate surface area is 112 Å². The molecule has 3 N–H and O–H groups in total. The molecule has 98 valence electrons. The van der Waals surface area contributed by atoms with Crippen LogP contribution in [0.3, 0.4) is 0 Å². The maximum atomic E-state index is 12.1. The van der Waals surface area contributed by atoms with Crippen LogP contribution in [0.15, 0.2) is 18.5 Å². The predicted octanol–water partition coefficient (Wildman–Crippen LogP) is 2.07. The first kappa shape index (κ1) is 13.2. The van der Waals surface area contributed by atoms with E-state index in [1.54, 1.807) is 12.3 Å². The lowest BCUT2D eigenvalue weighted by Crippen LogP contribution is -2.39. The largest absolute Gasteiger partial charge is 0.398 e. The Bertz CT molecular complexity index is 424. The first-order chi connectivity index (χ1) is 8.72. The summed E-state index contributed by atoms with van der Waals surface area (Å²) in [4.78, 5) is 16.1. The van der Waals surface area contributed by atoms with E-state index in [-0.39, 0.29) is 11.9 Å². The zero-order valence-electron chi connectivity index (χ0n) is 10.6. The summed E-state index contributed by atoms with van der Waals surface area (Å²) < 4.78 is 0. The van der Waals surface area contributed by atoms with Gasteiger partial charge in [0.05, 0.1) is 5.56 Å². The highest BCUT2D eigenvalue weighted by molar-refractivity contribution is 7.99. The number of rotatable bonds is 4. The second-order valence-corrected chi connectivity index (χ2v) is 5.98. The molecule has 0 aromatic carbocycles. The monoisotopic (exact) mass is 265 g/mol. The van der Waals surface area contributed by atoms with Crippen molar-refractivity contribution in [3.63, 3.8) is 0 Å². The van der Waals surface area contributed by atoms with Gasteiger partial charge in [0.1, 0.15) is 0 Å². The Morgan fingerprint density at radius 1 is 1.61 bits per heavy atom. The van der Waals surface area contributed by atoms with Crippen LogP contribution in [0.2, 0.25) is 0 Å². The second kappa shape index (κ2) is 6.09. The van der Waals surface area contributed by atoms with Gasteiger partial charge in [-0.15, -0.1) is 0 Å². The molecule has 0 aliphatic heterocycles. The summed E-state index contributed by atoms with van der Waals surface area (Å²) in [5.74, 6) is 0.987. The lowest BCUT2D eigenvalue weighted by molar-refractivity contribution is 0.0939. The molecule has 2 rings (SSSR count). The number of hydrogen-bond donors (Lipinski definition) is 2. The fourth-order valence-corrected chi connectivity index (χ4v) is 3.54. The lowest BCUT2D eigenvalue weighted by Gasteiger charge is -2.20. The van der Waals surface area contributed by atoms with Crippen LogP contribution in [-0.4, -0.2) is 27.9 Å². The van der Waals surface area contributed by atoms with Crippen molar-refractivity contribution in [3.8, 4) is 0 Å². The van der Waals surface area contributed by atoms with Gasteiger partial charge in [-0.25, -0.2) is 0 Å². The van der Waals surface area contributed by atoms with Crippen molar-refractivity contribution in [2.24, 2.45) is 0 Å². The smallest absolute Gasteiger partial charge is 0.255 e. The summed E-state index contributed by atoms with van der Waals surface area (Å²) >= 11 is 1.93. The quantitative estimate of drug-likeness (QED) is 0.874. The Morgan fingerprint density at radius 3 is 3.17 bits per heavy atom. The highest BCUT2D eigenvalue weighted by atomic mass is 32.2. The molecule has 1 saturated carbocycles. The molecule has 0 bridgehead atoms. The van der Waals surface area contributed by atoms with E-state index in [0.717, 1.165) is 12.2 Å². The van der Waals surface area contributed by atoms with Gasteiger partial charge in [0.15, 0.2) is 0 Å². The Morgan fingerprint density at radius 2 is 2.44 bits per heavy atom. The SMILES string of the molecule is CCSC1CCCC1NC(=O)c1cnccc1N. The highest BCUT2D eigenvalue weighted by Gasteiger charge is 2.28. The van der Waals surface area contributed by atoms with Gasteiger partial charge in [-0.2, -0.15) is 11.8 Å². The van der Waals surface area contributed by atoms with Crippen LogP contribution in [0.5, 0.6) is 0 Å². The third-order valence-corrected chi connectivity index (χ3v) is 4.57. The molecule has 1 fully saturated rings. The summed E-state index contributed by atoms with van der Waals surface area (Å²) in [6.45, 7) is 2.15. The fraction of sp³-hybridized carbons (Fsp3) is 0.538. The first-order valence-electron chi connectivity index (χ1n) is 6.34. The van der Waals surface area contributed by atoms with Crippen molar-refractivity contribution in [2.75, 3.05) is 11.5 Å². The molecule has 1 aliphatic rings. The minimum atomic E-state index is -0.103. The molecule has 5 heteroatoms. The van der Waals surface area contributed by atoms with E-state index in [1.165, 1.54) is 19.0 Å². The fourth-order valence-electron chi connectivity index (χ4n) is 2.35. The second-order valence-electron chi connectivity index (χ2n) is 4.47. The maximum Gasteiger partial charge on any atom is 0.255 e. The van der Waals surface area contributed by atoms with Crippen LogP contribution in [0.25, 0.3) is 0 Å². The van der Waals surface area contributed by atoms with Crippen LogP contribution in [0.1, 0.15) is 36.5 Å². The Kier molecular flexibility index (Phi) is 4.47. The number of hydrogen-bond acceptors (Lipinski definition) is 4. The number of pyridine rings is 1. The topological polar surface area (TPSA) is 68.0 Å². The van der Waals surface area contributed by atoms with E-state index >= 15 is 0 Å². The molecule has 0 radical (unpaired) electrons. The number of nitrogens with one attached hydrogen (secondary N) is 1. The van der Waals surface area contributed by atoms with Gasteiger partial charge in [-0.3, -0.25) is 9.78 Å². The van der Waals surface area contributed by atoms with E-state index in [0.29, 0.717) is 16.5 Å². The minimum Gasteiger partial charge on any atom is -0.398 e. The number of nitrogen functional groups attached to an aromatic ring is 1. The first-order valence-corrected chi connectivity index (χ1v) is 7.39. The summed E-state index contributed by atoms with van der Waals surface area (Å²) in [6.07, 6.45) is 6.56. The average Bonchev–Trinajstić information content (AvgIpc) is 2.78. The number of amides is 1. The molecule has 0 spiro atoms. The highest BCUT2D eigenvalue weighted by Crippen LogP contribution is 2.30. The molecule has 2 unspecified atom stereocenters. The van der Waals surface area contributed by atoms with Gasteiger partial charge >= 0.3 is 0 Å². The van der Waals surface area contributed by atoms with Crippen molar-refractivity contribution in [3.05, 3.63) is 24.0 Å². The third kappa shape index (κ3) is 2.96. The number of nitrogens with two attached hydrogens (primary N) is 1. The molecule has 1 amide bonds. The summed E-state index contributed by atoms with van der Waals surface area (Å²) in [5.41, 5.74) is 6.75. The molecule has 1 aliphatic carbocycles. The molecular formula is C13H19N3OS. The lowest BCUT2D eigenvalue weighted by atomic mass is 10.2. The number of aromatic nitrogens is 1. The molecule has 1 aromatic heterocycles. The normalized spacial score (nSPS) is 22.9. The van der Waals surface area contributed by atoms with Gasteiger partial charge < -0.3 is 11.1 Å². The number of carbonyl (C=O) groups is 1. The molecule has 0 saturated heterocycles. The Hall–Kier alpha value is -1.23. The molecule has 1 heterocycles. The van der Waals surface area contributed by atoms with E-state index in [9.17, 15) is 4.79 Å². The van der Waals surface area contributed by atoms with Gasteiger partial charge in [0.2, 0.25) is 0 Å². The maximum absolute atomic E-state index is 12.1. The summed E-state index contributed by atoms with van der Waals surface area (Å²) in [7, 11) is 0. The van der Waals surface area contributed by atoms with Crippen LogP contribution in [-0.2, 0) is 0 Å². The number of anilines is 1. The van der Waals surface area contributed by atoms with Gasteiger partial charge in [0, 0.05) is 29.4 Å². The minimum absolute atomic E-state index is 0.103. The zero-order chi connectivity index (χ0) is 13.0. The molecule has 18 heavy (non-hydrogen) atoms. The summed E-state index contributed by atoms with van der Waals surface area (Å²) in [6, 6.07) is 1.92. The number of nitrogens with zero attached hydrogens (tertiary/aromatic N) is 1. The summed E-state index contributed by atoms with van der Waals surface area (Å²) in [5, 5.41) is 3.63. The zero-order valence-corrected chi connectivity index (χ0v) is 11.4. The molecule has 2 atom stereocenters. The molecule has 4 nitrogen and oxygen atoms in total. The van der Waals surface area contributed by atoms with Crippen molar-refractivity contribution >= 4 is 23.4 Å². The molecule has 1 aromatic rings. The average molecular weight is 265 g/mol. The predicted molar refractivity (Wildman–Crippen MR) is 75.7 cm³/mol. The third-order valence-electron chi connectivity index (χ3n) is 3.25. The standard InChI is InChI=1S/C13H19N3OS/c1-2-18-12-5-3-4-11(12)16-13(17)9-8-15-7-6-10(9)14/h6-8,11-12H,2-5H2,1H3,(H2,14,15)(H,16,17). The van der Waals surface area contributed by atoms with Gasteiger partial charge in [-0.05, 0) is 24.7 Å². The van der Waals surface area contributed by atoms with Crippen molar-refractivity contribution in [1.82, 2.24) is 10.3 Å². The van der Waals surface area contributed by atoms with Crippen molar-refractivity contribution < 1.29 is 4.79 Å². The van der Waals surface area contributed by atoms with Crippen LogP contribution >= 0.6 is 11.8 Å².